The minimum Gasteiger partial charge on any atom is -0.481 e. The van der Waals surface area contributed by atoms with Crippen LogP contribution in [-0.4, -0.2) is 24.1 Å². The number of methoxy groups -OCH3 is 1. The lowest BCUT2D eigenvalue weighted by molar-refractivity contribution is 0.395. The molecular formula is C15H19N3O. The van der Waals surface area contributed by atoms with Crippen molar-refractivity contribution >= 4 is 0 Å². The molecular weight excluding hydrogens is 238 g/mol. The van der Waals surface area contributed by atoms with Gasteiger partial charge < -0.3 is 10.1 Å². The zero-order valence-corrected chi connectivity index (χ0v) is 11.6. The molecule has 1 N–H and O–H groups in total. The molecule has 1 atom stereocenters. The van der Waals surface area contributed by atoms with Gasteiger partial charge in [0.15, 0.2) is 0 Å². The van der Waals surface area contributed by atoms with Gasteiger partial charge in [-0.1, -0.05) is 29.8 Å². The molecule has 0 aliphatic rings. The second kappa shape index (κ2) is 6.29. The Labute approximate surface area is 113 Å². The quantitative estimate of drug-likeness (QED) is 0.892. The highest BCUT2D eigenvalue weighted by Gasteiger charge is 2.11. The monoisotopic (exact) mass is 257 g/mol. The second-order valence-electron chi connectivity index (χ2n) is 4.51. The van der Waals surface area contributed by atoms with E-state index in [4.69, 9.17) is 4.74 Å². The van der Waals surface area contributed by atoms with Crippen molar-refractivity contribution in [2.45, 2.75) is 19.4 Å². The molecule has 19 heavy (non-hydrogen) atoms. The molecule has 0 aliphatic carbocycles. The third-order valence-corrected chi connectivity index (χ3v) is 3.11. The van der Waals surface area contributed by atoms with Crippen molar-refractivity contribution in [3.8, 4) is 5.88 Å². The first kappa shape index (κ1) is 13.5. The van der Waals surface area contributed by atoms with Gasteiger partial charge in [0.25, 0.3) is 0 Å². The highest BCUT2D eigenvalue weighted by molar-refractivity contribution is 5.26. The molecule has 0 aliphatic heterocycles. The number of rotatable bonds is 5. The van der Waals surface area contributed by atoms with Gasteiger partial charge in [0, 0.05) is 24.2 Å². The molecule has 0 saturated heterocycles. The number of aryl methyl sites for hydroxylation is 1. The number of benzene rings is 1. The Morgan fingerprint density at radius 1 is 1.26 bits per heavy atom. The third-order valence-electron chi connectivity index (χ3n) is 3.11. The lowest BCUT2D eigenvalue weighted by Crippen LogP contribution is -2.19. The fraction of sp³-hybridized carbons (Fsp3) is 0.333. The standard InChI is InChI=1S/C15H19N3O/c1-11-5-4-6-12(7-11)14(16-2)8-13-9-15(19-3)18-10-17-13/h4-7,9-10,14,16H,8H2,1-3H3. The summed E-state index contributed by atoms with van der Waals surface area (Å²) in [5.41, 5.74) is 3.49. The van der Waals surface area contributed by atoms with E-state index in [1.165, 1.54) is 17.5 Å². The van der Waals surface area contributed by atoms with Gasteiger partial charge >= 0.3 is 0 Å². The highest BCUT2D eigenvalue weighted by Crippen LogP contribution is 2.19. The van der Waals surface area contributed by atoms with Gasteiger partial charge in [0.1, 0.15) is 6.33 Å². The minimum atomic E-state index is 0.236. The topological polar surface area (TPSA) is 47.0 Å². The summed E-state index contributed by atoms with van der Waals surface area (Å²) < 4.78 is 5.12. The Morgan fingerprint density at radius 3 is 2.79 bits per heavy atom. The first-order valence-electron chi connectivity index (χ1n) is 6.31. The number of nitrogens with zero attached hydrogens (tertiary/aromatic N) is 2. The van der Waals surface area contributed by atoms with E-state index in [0.29, 0.717) is 5.88 Å². The average molecular weight is 257 g/mol. The fourth-order valence-corrected chi connectivity index (χ4v) is 2.08. The first-order valence-corrected chi connectivity index (χ1v) is 6.31. The van der Waals surface area contributed by atoms with Gasteiger partial charge in [-0.25, -0.2) is 9.97 Å². The maximum atomic E-state index is 5.12. The van der Waals surface area contributed by atoms with E-state index >= 15 is 0 Å². The molecule has 0 amide bonds. The highest BCUT2D eigenvalue weighted by atomic mass is 16.5. The largest absolute Gasteiger partial charge is 0.481 e. The summed E-state index contributed by atoms with van der Waals surface area (Å²) in [6, 6.07) is 10.6. The minimum absolute atomic E-state index is 0.236. The van der Waals surface area contributed by atoms with E-state index in [9.17, 15) is 0 Å². The van der Waals surface area contributed by atoms with Crippen molar-refractivity contribution in [2.24, 2.45) is 0 Å². The molecule has 4 heteroatoms. The number of aromatic nitrogens is 2. The number of ether oxygens (including phenoxy) is 1. The molecule has 1 unspecified atom stereocenters. The van der Waals surface area contributed by atoms with Crippen LogP contribution in [0.3, 0.4) is 0 Å². The molecule has 100 valence electrons. The van der Waals surface area contributed by atoms with E-state index in [2.05, 4.69) is 46.5 Å². The normalized spacial score (nSPS) is 12.2. The molecule has 0 fully saturated rings. The summed E-state index contributed by atoms with van der Waals surface area (Å²) in [5.74, 6) is 0.601. The molecule has 1 heterocycles. The van der Waals surface area contributed by atoms with Crippen LogP contribution in [-0.2, 0) is 6.42 Å². The van der Waals surface area contributed by atoms with E-state index in [1.807, 2.05) is 13.1 Å². The van der Waals surface area contributed by atoms with Crippen LogP contribution in [0.15, 0.2) is 36.7 Å². The molecule has 2 aromatic rings. The maximum absolute atomic E-state index is 5.12. The summed E-state index contributed by atoms with van der Waals surface area (Å²) in [6.45, 7) is 2.10. The van der Waals surface area contributed by atoms with Crippen molar-refractivity contribution in [1.82, 2.24) is 15.3 Å². The van der Waals surface area contributed by atoms with Crippen LogP contribution in [0, 0.1) is 6.92 Å². The lowest BCUT2D eigenvalue weighted by atomic mass is 10.0. The van der Waals surface area contributed by atoms with Crippen LogP contribution in [0.4, 0.5) is 0 Å². The predicted molar refractivity (Wildman–Crippen MR) is 75.3 cm³/mol. The molecule has 1 aromatic heterocycles. The average Bonchev–Trinajstić information content (AvgIpc) is 2.45. The first-order chi connectivity index (χ1) is 9.22. The molecule has 2 rings (SSSR count). The van der Waals surface area contributed by atoms with Gasteiger partial charge in [-0.15, -0.1) is 0 Å². The molecule has 4 nitrogen and oxygen atoms in total. The SMILES string of the molecule is CNC(Cc1cc(OC)ncn1)c1cccc(C)c1. The van der Waals surface area contributed by atoms with Crippen molar-refractivity contribution < 1.29 is 4.74 Å². The Balaban J connectivity index is 2.18. The van der Waals surface area contributed by atoms with Crippen molar-refractivity contribution in [2.75, 3.05) is 14.2 Å². The van der Waals surface area contributed by atoms with E-state index in [1.54, 1.807) is 7.11 Å². The van der Waals surface area contributed by atoms with Gasteiger partial charge in [-0.05, 0) is 19.5 Å². The Morgan fingerprint density at radius 2 is 2.11 bits per heavy atom. The predicted octanol–water partition coefficient (Wildman–Crippen LogP) is 2.30. The molecule has 0 saturated carbocycles. The van der Waals surface area contributed by atoms with E-state index < -0.39 is 0 Å². The van der Waals surface area contributed by atoms with Crippen molar-refractivity contribution in [3.63, 3.8) is 0 Å². The van der Waals surface area contributed by atoms with Gasteiger partial charge in [-0.3, -0.25) is 0 Å². The summed E-state index contributed by atoms with van der Waals surface area (Å²) in [6.07, 6.45) is 2.34. The summed E-state index contributed by atoms with van der Waals surface area (Å²) in [5, 5.41) is 3.33. The Bertz CT molecular complexity index is 542. The van der Waals surface area contributed by atoms with Crippen LogP contribution in [0.25, 0.3) is 0 Å². The summed E-state index contributed by atoms with van der Waals surface area (Å²) in [4.78, 5) is 8.32. The molecule has 0 bridgehead atoms. The van der Waals surface area contributed by atoms with Crippen molar-refractivity contribution in [1.29, 1.82) is 0 Å². The zero-order valence-electron chi connectivity index (χ0n) is 11.6. The van der Waals surface area contributed by atoms with Crippen LogP contribution < -0.4 is 10.1 Å². The van der Waals surface area contributed by atoms with Crippen LogP contribution in [0.5, 0.6) is 5.88 Å². The Hall–Kier alpha value is -1.94. The third kappa shape index (κ3) is 3.51. The van der Waals surface area contributed by atoms with Crippen LogP contribution in [0.1, 0.15) is 22.9 Å². The number of likely N-dealkylation sites (N-methyl/N-ethyl adjacent to an activating group) is 1. The number of hydrogen-bond donors (Lipinski definition) is 1. The molecule has 1 aromatic carbocycles. The summed E-state index contributed by atoms with van der Waals surface area (Å²) >= 11 is 0. The Kier molecular flexibility index (Phi) is 4.47. The van der Waals surface area contributed by atoms with Gasteiger partial charge in [0.2, 0.25) is 5.88 Å². The molecule has 0 spiro atoms. The van der Waals surface area contributed by atoms with Gasteiger partial charge in [-0.2, -0.15) is 0 Å². The van der Waals surface area contributed by atoms with Crippen LogP contribution in [0.2, 0.25) is 0 Å². The van der Waals surface area contributed by atoms with Crippen LogP contribution >= 0.6 is 0 Å². The maximum Gasteiger partial charge on any atom is 0.216 e. The zero-order chi connectivity index (χ0) is 13.7. The number of nitrogens with one attached hydrogen (secondary N) is 1. The fourth-order valence-electron chi connectivity index (χ4n) is 2.08. The second-order valence-corrected chi connectivity index (χ2v) is 4.51. The van der Waals surface area contributed by atoms with E-state index in [0.717, 1.165) is 12.1 Å². The summed E-state index contributed by atoms with van der Waals surface area (Å²) in [7, 11) is 3.58. The molecule has 0 radical (unpaired) electrons. The lowest BCUT2D eigenvalue weighted by Gasteiger charge is -2.17. The van der Waals surface area contributed by atoms with Crippen molar-refractivity contribution in [3.05, 3.63) is 53.5 Å². The number of hydrogen-bond acceptors (Lipinski definition) is 4. The smallest absolute Gasteiger partial charge is 0.216 e. The van der Waals surface area contributed by atoms with Gasteiger partial charge in [0.05, 0.1) is 7.11 Å². The van der Waals surface area contributed by atoms with E-state index in [-0.39, 0.29) is 6.04 Å².